The van der Waals surface area contributed by atoms with Crippen molar-refractivity contribution in [1.82, 2.24) is 10.3 Å². The molecular weight excluding hydrogens is 212 g/mol. The van der Waals surface area contributed by atoms with Gasteiger partial charge < -0.3 is 10.1 Å². The summed E-state index contributed by atoms with van der Waals surface area (Å²) in [6.07, 6.45) is 9.09. The number of pyridine rings is 1. The first-order valence-corrected chi connectivity index (χ1v) is 6.50. The van der Waals surface area contributed by atoms with Crippen molar-refractivity contribution < 1.29 is 4.74 Å². The van der Waals surface area contributed by atoms with Gasteiger partial charge >= 0.3 is 0 Å². The predicted molar refractivity (Wildman–Crippen MR) is 68.8 cm³/mol. The van der Waals surface area contributed by atoms with Crippen LogP contribution in [0.25, 0.3) is 0 Å². The summed E-state index contributed by atoms with van der Waals surface area (Å²) in [5, 5.41) is 3.67. The minimum absolute atomic E-state index is 0.337. The summed E-state index contributed by atoms with van der Waals surface area (Å²) in [5.74, 6) is 0. The summed E-state index contributed by atoms with van der Waals surface area (Å²) in [6.45, 7) is 2.19. The fourth-order valence-corrected chi connectivity index (χ4v) is 2.62. The summed E-state index contributed by atoms with van der Waals surface area (Å²) in [4.78, 5) is 4.17. The van der Waals surface area contributed by atoms with Crippen LogP contribution in [0.2, 0.25) is 0 Å². The molecule has 0 saturated heterocycles. The summed E-state index contributed by atoms with van der Waals surface area (Å²) < 4.78 is 5.56. The van der Waals surface area contributed by atoms with Gasteiger partial charge in [-0.15, -0.1) is 0 Å². The Balaban J connectivity index is 1.95. The van der Waals surface area contributed by atoms with Crippen molar-refractivity contribution in [2.75, 3.05) is 7.11 Å². The van der Waals surface area contributed by atoms with Gasteiger partial charge in [0.1, 0.15) is 0 Å². The third-order valence-electron chi connectivity index (χ3n) is 3.65. The number of nitrogens with zero attached hydrogens (tertiary/aromatic N) is 1. The summed E-state index contributed by atoms with van der Waals surface area (Å²) in [6, 6.07) is 4.92. The van der Waals surface area contributed by atoms with Gasteiger partial charge in [0.15, 0.2) is 0 Å². The molecule has 1 fully saturated rings. The van der Waals surface area contributed by atoms with Crippen LogP contribution in [0.4, 0.5) is 0 Å². The van der Waals surface area contributed by atoms with Crippen molar-refractivity contribution in [3.05, 3.63) is 30.1 Å². The second-order valence-electron chi connectivity index (χ2n) is 4.84. The average molecular weight is 234 g/mol. The van der Waals surface area contributed by atoms with Crippen molar-refractivity contribution >= 4 is 0 Å². The quantitative estimate of drug-likeness (QED) is 0.869. The Morgan fingerprint density at radius 1 is 1.41 bits per heavy atom. The van der Waals surface area contributed by atoms with E-state index in [0.717, 1.165) is 0 Å². The van der Waals surface area contributed by atoms with Crippen LogP contribution >= 0.6 is 0 Å². The highest BCUT2D eigenvalue weighted by molar-refractivity contribution is 5.13. The summed E-state index contributed by atoms with van der Waals surface area (Å²) >= 11 is 0. The highest BCUT2D eigenvalue weighted by Crippen LogP contribution is 2.23. The van der Waals surface area contributed by atoms with E-state index in [1.54, 1.807) is 0 Å². The van der Waals surface area contributed by atoms with Crippen molar-refractivity contribution in [3.8, 4) is 0 Å². The SMILES string of the molecule is COC1CCCCC1NC(C)c1cccnc1. The van der Waals surface area contributed by atoms with Crippen LogP contribution in [-0.4, -0.2) is 24.2 Å². The van der Waals surface area contributed by atoms with Crippen LogP contribution in [0.1, 0.15) is 44.2 Å². The van der Waals surface area contributed by atoms with Gasteiger partial charge in [-0.2, -0.15) is 0 Å². The Labute approximate surface area is 104 Å². The maximum atomic E-state index is 5.56. The zero-order chi connectivity index (χ0) is 12.1. The van der Waals surface area contributed by atoms with Crippen molar-refractivity contribution in [1.29, 1.82) is 0 Å². The lowest BCUT2D eigenvalue weighted by Crippen LogP contribution is -2.44. The number of hydrogen-bond donors (Lipinski definition) is 1. The molecule has 1 N–H and O–H groups in total. The molecule has 1 heterocycles. The molecule has 1 aromatic rings. The zero-order valence-electron chi connectivity index (χ0n) is 10.7. The molecule has 1 aliphatic rings. The van der Waals surface area contributed by atoms with E-state index in [1.807, 2.05) is 25.6 Å². The predicted octanol–water partition coefficient (Wildman–Crippen LogP) is 2.69. The lowest BCUT2D eigenvalue weighted by molar-refractivity contribution is 0.0384. The Morgan fingerprint density at radius 3 is 2.94 bits per heavy atom. The van der Waals surface area contributed by atoms with Crippen molar-refractivity contribution in [3.63, 3.8) is 0 Å². The van der Waals surface area contributed by atoms with Crippen LogP contribution in [0, 0.1) is 0 Å². The minimum atomic E-state index is 0.337. The van der Waals surface area contributed by atoms with E-state index in [-0.39, 0.29) is 0 Å². The molecule has 3 unspecified atom stereocenters. The molecule has 0 bridgehead atoms. The lowest BCUT2D eigenvalue weighted by atomic mass is 9.91. The third-order valence-corrected chi connectivity index (χ3v) is 3.65. The molecule has 2 rings (SSSR count). The second-order valence-corrected chi connectivity index (χ2v) is 4.84. The van der Waals surface area contributed by atoms with E-state index in [0.29, 0.717) is 18.2 Å². The van der Waals surface area contributed by atoms with E-state index in [9.17, 15) is 0 Å². The molecule has 1 aliphatic carbocycles. The smallest absolute Gasteiger partial charge is 0.0724 e. The topological polar surface area (TPSA) is 34.1 Å². The Hall–Kier alpha value is -0.930. The zero-order valence-corrected chi connectivity index (χ0v) is 10.7. The number of hydrogen-bond acceptors (Lipinski definition) is 3. The highest BCUT2D eigenvalue weighted by atomic mass is 16.5. The molecule has 3 atom stereocenters. The van der Waals surface area contributed by atoms with Gasteiger partial charge in [-0.05, 0) is 31.4 Å². The van der Waals surface area contributed by atoms with E-state index in [2.05, 4.69) is 23.3 Å². The monoisotopic (exact) mass is 234 g/mol. The normalized spacial score (nSPS) is 26.7. The molecule has 0 spiro atoms. The van der Waals surface area contributed by atoms with E-state index in [4.69, 9.17) is 4.74 Å². The average Bonchev–Trinajstić information content (AvgIpc) is 2.40. The molecule has 0 radical (unpaired) electrons. The number of rotatable bonds is 4. The van der Waals surface area contributed by atoms with Gasteiger partial charge in [0.05, 0.1) is 6.10 Å². The fraction of sp³-hybridized carbons (Fsp3) is 0.643. The van der Waals surface area contributed by atoms with Crippen LogP contribution in [0.3, 0.4) is 0 Å². The Bertz CT molecular complexity index is 328. The molecule has 94 valence electrons. The number of ether oxygens (including phenoxy) is 1. The molecule has 3 nitrogen and oxygen atoms in total. The molecule has 1 saturated carbocycles. The van der Waals surface area contributed by atoms with Gasteiger partial charge in [-0.3, -0.25) is 4.98 Å². The Kier molecular flexibility index (Phi) is 4.51. The standard InChI is InChI=1S/C14H22N2O/c1-11(12-6-5-9-15-10-12)16-13-7-3-4-8-14(13)17-2/h5-6,9-11,13-14,16H,3-4,7-8H2,1-2H3. The maximum Gasteiger partial charge on any atom is 0.0724 e. The molecule has 0 aromatic carbocycles. The molecule has 1 aromatic heterocycles. The molecule has 3 heteroatoms. The summed E-state index contributed by atoms with van der Waals surface area (Å²) in [5.41, 5.74) is 1.24. The first kappa shape index (κ1) is 12.5. The van der Waals surface area contributed by atoms with E-state index in [1.165, 1.54) is 31.2 Å². The largest absolute Gasteiger partial charge is 0.380 e. The van der Waals surface area contributed by atoms with Crippen LogP contribution in [0.15, 0.2) is 24.5 Å². The number of nitrogens with one attached hydrogen (secondary N) is 1. The van der Waals surface area contributed by atoms with Crippen LogP contribution in [-0.2, 0) is 4.74 Å². The minimum Gasteiger partial charge on any atom is -0.380 e. The van der Waals surface area contributed by atoms with Crippen LogP contribution < -0.4 is 5.32 Å². The Morgan fingerprint density at radius 2 is 2.24 bits per heavy atom. The fourth-order valence-electron chi connectivity index (χ4n) is 2.62. The van der Waals surface area contributed by atoms with Gasteiger partial charge in [0, 0.05) is 31.6 Å². The van der Waals surface area contributed by atoms with Gasteiger partial charge in [0.25, 0.3) is 0 Å². The second kappa shape index (κ2) is 6.12. The highest BCUT2D eigenvalue weighted by Gasteiger charge is 2.26. The van der Waals surface area contributed by atoms with Gasteiger partial charge in [-0.1, -0.05) is 18.9 Å². The molecule has 17 heavy (non-hydrogen) atoms. The van der Waals surface area contributed by atoms with Gasteiger partial charge in [0.2, 0.25) is 0 Å². The molecular formula is C14H22N2O. The van der Waals surface area contributed by atoms with E-state index >= 15 is 0 Å². The lowest BCUT2D eigenvalue weighted by Gasteiger charge is -2.33. The van der Waals surface area contributed by atoms with Crippen molar-refractivity contribution in [2.45, 2.75) is 50.8 Å². The number of methoxy groups -OCH3 is 1. The van der Waals surface area contributed by atoms with Crippen molar-refractivity contribution in [2.24, 2.45) is 0 Å². The van der Waals surface area contributed by atoms with E-state index < -0.39 is 0 Å². The van der Waals surface area contributed by atoms with Crippen LogP contribution in [0.5, 0.6) is 0 Å². The molecule has 0 aliphatic heterocycles. The van der Waals surface area contributed by atoms with Gasteiger partial charge in [-0.25, -0.2) is 0 Å². The number of aromatic nitrogens is 1. The summed E-state index contributed by atoms with van der Waals surface area (Å²) in [7, 11) is 1.82. The third kappa shape index (κ3) is 3.27. The first-order chi connectivity index (χ1) is 8.31. The first-order valence-electron chi connectivity index (χ1n) is 6.50. The molecule has 0 amide bonds. The maximum absolute atomic E-state index is 5.56.